The summed E-state index contributed by atoms with van der Waals surface area (Å²) in [4.78, 5) is 23.9. The molecule has 0 bridgehead atoms. The van der Waals surface area contributed by atoms with Crippen molar-refractivity contribution < 1.29 is 14.3 Å². The van der Waals surface area contributed by atoms with Crippen LogP contribution in [0.4, 0.5) is 5.95 Å². The molecule has 1 atom stereocenters. The van der Waals surface area contributed by atoms with Crippen LogP contribution in [0, 0.1) is 5.92 Å². The lowest BCUT2D eigenvalue weighted by atomic mass is 10.1. The van der Waals surface area contributed by atoms with E-state index in [1.54, 1.807) is 12.1 Å². The Kier molecular flexibility index (Phi) is 4.35. The Morgan fingerprint density at radius 2 is 2.32 bits per heavy atom. The SMILES string of the molecule is CC(=O)Nc1nc(OCC2CCOC2)c2nc(Cl)ccc2n1. The zero-order valence-corrected chi connectivity index (χ0v) is 12.8. The average molecular weight is 323 g/mol. The second kappa shape index (κ2) is 6.41. The molecule has 1 saturated heterocycles. The van der Waals surface area contributed by atoms with Gasteiger partial charge in [-0.05, 0) is 18.6 Å². The lowest BCUT2D eigenvalue weighted by molar-refractivity contribution is -0.114. The summed E-state index contributed by atoms with van der Waals surface area (Å²) in [5.41, 5.74) is 1.03. The van der Waals surface area contributed by atoms with Crippen LogP contribution in [-0.4, -0.2) is 40.7 Å². The van der Waals surface area contributed by atoms with Crippen molar-refractivity contribution in [3.8, 4) is 5.88 Å². The Morgan fingerprint density at radius 1 is 1.45 bits per heavy atom. The second-order valence-electron chi connectivity index (χ2n) is 5.08. The predicted octanol–water partition coefficient (Wildman–Crippen LogP) is 2.05. The van der Waals surface area contributed by atoms with E-state index in [-0.39, 0.29) is 11.9 Å². The Balaban J connectivity index is 1.92. The predicted molar refractivity (Wildman–Crippen MR) is 81.1 cm³/mol. The lowest BCUT2D eigenvalue weighted by Gasteiger charge is -2.12. The Labute approximate surface area is 132 Å². The molecule has 0 saturated carbocycles. The molecule has 1 N–H and O–H groups in total. The molecule has 1 aliphatic rings. The molecule has 0 aliphatic carbocycles. The minimum Gasteiger partial charge on any atom is -0.476 e. The Hall–Kier alpha value is -1.99. The van der Waals surface area contributed by atoms with Crippen molar-refractivity contribution in [1.82, 2.24) is 15.0 Å². The van der Waals surface area contributed by atoms with Crippen LogP contribution in [0.5, 0.6) is 5.88 Å². The summed E-state index contributed by atoms with van der Waals surface area (Å²) in [6.45, 7) is 3.29. The normalized spacial score (nSPS) is 17.6. The van der Waals surface area contributed by atoms with Gasteiger partial charge in [-0.1, -0.05) is 11.6 Å². The minimum absolute atomic E-state index is 0.182. The molecule has 0 spiro atoms. The van der Waals surface area contributed by atoms with Gasteiger partial charge < -0.3 is 9.47 Å². The molecular weight excluding hydrogens is 308 g/mol. The fraction of sp³-hybridized carbons (Fsp3) is 0.429. The van der Waals surface area contributed by atoms with Crippen molar-refractivity contribution in [3.05, 3.63) is 17.3 Å². The van der Waals surface area contributed by atoms with Crippen molar-refractivity contribution in [1.29, 1.82) is 0 Å². The molecule has 0 radical (unpaired) electrons. The van der Waals surface area contributed by atoms with Crippen LogP contribution in [0.2, 0.25) is 5.15 Å². The van der Waals surface area contributed by atoms with E-state index in [4.69, 9.17) is 21.1 Å². The summed E-state index contributed by atoms with van der Waals surface area (Å²) in [6, 6.07) is 3.34. The third-order valence-corrected chi connectivity index (χ3v) is 3.45. The van der Waals surface area contributed by atoms with E-state index in [9.17, 15) is 4.79 Å². The zero-order valence-electron chi connectivity index (χ0n) is 12.0. The van der Waals surface area contributed by atoms with Crippen molar-refractivity contribution in [3.63, 3.8) is 0 Å². The third-order valence-electron chi connectivity index (χ3n) is 3.24. The summed E-state index contributed by atoms with van der Waals surface area (Å²) in [5, 5.41) is 2.88. The molecule has 1 unspecified atom stereocenters. The number of carbonyl (C=O) groups excluding carboxylic acids is 1. The van der Waals surface area contributed by atoms with Gasteiger partial charge in [-0.3, -0.25) is 10.1 Å². The molecular formula is C14H15ClN4O3. The van der Waals surface area contributed by atoms with E-state index in [0.717, 1.165) is 13.0 Å². The van der Waals surface area contributed by atoms with Crippen LogP contribution < -0.4 is 10.1 Å². The summed E-state index contributed by atoms with van der Waals surface area (Å²) in [5.74, 6) is 0.565. The molecule has 7 nitrogen and oxygen atoms in total. The van der Waals surface area contributed by atoms with Crippen molar-refractivity contribution in [2.75, 3.05) is 25.1 Å². The standard InChI is InChI=1S/C14H15ClN4O3/c1-8(20)16-14-17-10-2-3-11(15)18-12(10)13(19-14)22-7-9-4-5-21-6-9/h2-3,9H,4-7H2,1H3,(H,16,17,19,20). The molecule has 22 heavy (non-hydrogen) atoms. The lowest BCUT2D eigenvalue weighted by Crippen LogP contribution is -2.15. The van der Waals surface area contributed by atoms with Gasteiger partial charge >= 0.3 is 0 Å². The van der Waals surface area contributed by atoms with Crippen molar-refractivity contribution in [2.45, 2.75) is 13.3 Å². The summed E-state index contributed by atoms with van der Waals surface area (Å²) in [6.07, 6.45) is 0.954. The first-order valence-corrected chi connectivity index (χ1v) is 7.32. The smallest absolute Gasteiger partial charge is 0.245 e. The van der Waals surface area contributed by atoms with Crippen molar-refractivity contribution in [2.24, 2.45) is 5.92 Å². The maximum atomic E-state index is 11.2. The number of carbonyl (C=O) groups is 1. The summed E-state index contributed by atoms with van der Waals surface area (Å²) >= 11 is 5.93. The molecule has 1 fully saturated rings. The number of ether oxygens (including phenoxy) is 2. The molecule has 1 amide bonds. The summed E-state index contributed by atoms with van der Waals surface area (Å²) < 4.78 is 11.1. The minimum atomic E-state index is -0.253. The van der Waals surface area contributed by atoms with Gasteiger partial charge in [0.2, 0.25) is 17.7 Å². The number of pyridine rings is 1. The van der Waals surface area contributed by atoms with Crippen LogP contribution in [0.1, 0.15) is 13.3 Å². The van der Waals surface area contributed by atoms with Crippen LogP contribution in [0.25, 0.3) is 11.0 Å². The molecule has 2 aromatic rings. The van der Waals surface area contributed by atoms with Crippen molar-refractivity contribution >= 4 is 34.5 Å². The number of amides is 1. The highest BCUT2D eigenvalue weighted by Gasteiger charge is 2.18. The van der Waals surface area contributed by atoms with Gasteiger partial charge in [-0.25, -0.2) is 9.97 Å². The number of anilines is 1. The van der Waals surface area contributed by atoms with E-state index < -0.39 is 0 Å². The highest BCUT2D eigenvalue weighted by atomic mass is 35.5. The van der Waals surface area contributed by atoms with Gasteiger partial charge in [0.25, 0.3) is 0 Å². The number of aromatic nitrogens is 3. The van der Waals surface area contributed by atoms with Gasteiger partial charge in [-0.15, -0.1) is 0 Å². The number of halogens is 1. The first-order chi connectivity index (χ1) is 10.6. The second-order valence-corrected chi connectivity index (χ2v) is 5.46. The van der Waals surface area contributed by atoms with Gasteiger partial charge in [0.15, 0.2) is 5.52 Å². The summed E-state index contributed by atoms with van der Waals surface area (Å²) in [7, 11) is 0. The average Bonchev–Trinajstić information content (AvgIpc) is 2.98. The molecule has 1 aliphatic heterocycles. The maximum Gasteiger partial charge on any atom is 0.245 e. The maximum absolute atomic E-state index is 11.2. The first-order valence-electron chi connectivity index (χ1n) is 6.94. The Morgan fingerprint density at radius 3 is 3.05 bits per heavy atom. The quantitative estimate of drug-likeness (QED) is 0.867. The van der Waals surface area contributed by atoms with Crippen LogP contribution >= 0.6 is 11.6 Å². The monoisotopic (exact) mass is 322 g/mol. The number of nitrogens with zero attached hydrogens (tertiary/aromatic N) is 3. The fourth-order valence-corrected chi connectivity index (χ4v) is 2.34. The Bertz CT molecular complexity index is 704. The van der Waals surface area contributed by atoms with Gasteiger partial charge in [0, 0.05) is 19.4 Å². The number of rotatable bonds is 4. The molecule has 2 aromatic heterocycles. The largest absolute Gasteiger partial charge is 0.476 e. The van der Waals surface area contributed by atoms with Gasteiger partial charge in [0.05, 0.1) is 18.7 Å². The number of nitrogens with one attached hydrogen (secondary N) is 1. The van der Waals surface area contributed by atoms with Gasteiger partial charge in [-0.2, -0.15) is 4.98 Å². The van der Waals surface area contributed by atoms with Crippen LogP contribution in [0.3, 0.4) is 0 Å². The van der Waals surface area contributed by atoms with E-state index in [1.807, 2.05) is 0 Å². The van der Waals surface area contributed by atoms with Crippen LogP contribution in [0.15, 0.2) is 12.1 Å². The highest BCUT2D eigenvalue weighted by Crippen LogP contribution is 2.25. The first kappa shape index (κ1) is 14.9. The molecule has 3 rings (SSSR count). The number of hydrogen-bond donors (Lipinski definition) is 1. The zero-order chi connectivity index (χ0) is 15.5. The fourth-order valence-electron chi connectivity index (χ4n) is 2.19. The molecule has 116 valence electrons. The molecule has 0 aromatic carbocycles. The third kappa shape index (κ3) is 3.42. The topological polar surface area (TPSA) is 86.2 Å². The van der Waals surface area contributed by atoms with E-state index >= 15 is 0 Å². The van der Waals surface area contributed by atoms with E-state index in [0.29, 0.717) is 41.2 Å². The van der Waals surface area contributed by atoms with Crippen LogP contribution in [-0.2, 0) is 9.53 Å². The molecule has 8 heteroatoms. The number of hydrogen-bond acceptors (Lipinski definition) is 6. The van der Waals surface area contributed by atoms with E-state index in [1.165, 1.54) is 6.92 Å². The van der Waals surface area contributed by atoms with E-state index in [2.05, 4.69) is 20.3 Å². The highest BCUT2D eigenvalue weighted by molar-refractivity contribution is 6.29. The number of fused-ring (bicyclic) bond motifs is 1. The van der Waals surface area contributed by atoms with Gasteiger partial charge in [0.1, 0.15) is 5.15 Å². The molecule has 3 heterocycles.